The monoisotopic (exact) mass is 991 g/mol. The molecule has 0 saturated carbocycles. The Kier molecular flexibility index (Phi) is 8.96. The lowest BCUT2D eigenvalue weighted by Gasteiger charge is -2.35. The number of hydrogen-bond acceptors (Lipinski definition) is 3. The van der Waals surface area contributed by atoms with E-state index < -0.39 is 38.3 Å². The molecule has 0 unspecified atom stereocenters. The fraction of sp³-hybridized carbons (Fsp3) is 0. The summed E-state index contributed by atoms with van der Waals surface area (Å²) in [4.78, 5) is 16.1. The Bertz CT molecular complexity index is 4790. The van der Waals surface area contributed by atoms with E-state index in [1.54, 1.807) is 0 Å². The van der Waals surface area contributed by atoms with Gasteiger partial charge in [0.2, 0.25) is 5.95 Å². The summed E-state index contributed by atoms with van der Waals surface area (Å²) in [6.45, 7) is 0. The summed E-state index contributed by atoms with van der Waals surface area (Å²) in [6, 6.07) is 85.2. The maximum absolute atomic E-state index is 9.37. The van der Waals surface area contributed by atoms with E-state index in [0.717, 1.165) is 71.2 Å². The highest BCUT2D eigenvalue weighted by atomic mass is 28.3. The first kappa shape index (κ1) is 38.6. The Morgan fingerprint density at radius 1 is 0.316 bits per heavy atom. The zero-order chi connectivity index (χ0) is 54.5. The molecule has 4 heterocycles. The number of nitrogens with zero attached hydrogens (tertiary/aromatic N) is 6. The Morgan fingerprint density at radius 3 is 1.25 bits per heavy atom. The first-order valence-electron chi connectivity index (χ1n) is 27.9. The van der Waals surface area contributed by atoms with Crippen LogP contribution in [0.3, 0.4) is 0 Å². The zero-order valence-electron chi connectivity index (χ0n) is 45.9. The Hall–Kier alpha value is -9.95. The molecule has 0 aliphatic rings. The minimum absolute atomic E-state index is 0.0547. The molecule has 0 N–H and O–H groups in total. The topological polar surface area (TPSA) is 53.5 Å². The van der Waals surface area contributed by atoms with Crippen LogP contribution in [-0.4, -0.2) is 36.7 Å². The molecule has 0 spiro atoms. The van der Waals surface area contributed by atoms with Gasteiger partial charge in [-0.25, -0.2) is 4.98 Å². The van der Waals surface area contributed by atoms with E-state index in [9.17, 15) is 2.74 Å². The van der Waals surface area contributed by atoms with Crippen LogP contribution in [0.1, 0.15) is 6.85 Å². The highest BCUT2D eigenvalue weighted by Gasteiger charge is 2.42. The van der Waals surface area contributed by atoms with Crippen molar-refractivity contribution in [1.82, 2.24) is 28.7 Å². The molecule has 0 saturated heterocycles. The molecule has 356 valence electrons. The van der Waals surface area contributed by atoms with Crippen molar-refractivity contribution in [2.45, 2.75) is 0 Å². The van der Waals surface area contributed by atoms with Gasteiger partial charge in [0, 0.05) is 49.1 Å². The third-order valence-electron chi connectivity index (χ3n) is 15.2. The smallest absolute Gasteiger partial charge is 0.238 e. The average molecular weight is 992 g/mol. The molecule has 0 radical (unpaired) electrons. The van der Waals surface area contributed by atoms with Gasteiger partial charge in [-0.15, -0.1) is 0 Å². The maximum Gasteiger partial charge on any atom is 0.238 e. The zero-order valence-corrected chi connectivity index (χ0v) is 41.9. The number of aromatic nitrogens is 6. The molecular formula is C69H46N6Si. The van der Waals surface area contributed by atoms with E-state index in [1.807, 2.05) is 41.0 Å². The molecule has 0 bridgehead atoms. The summed E-state index contributed by atoms with van der Waals surface area (Å²) < 4.78 is 51.8. The molecule has 6 nitrogen and oxygen atoms in total. The minimum atomic E-state index is -3.24. The molecule has 15 aromatic rings. The van der Waals surface area contributed by atoms with E-state index >= 15 is 0 Å². The number of benzene rings is 11. The number of para-hydroxylation sites is 5. The summed E-state index contributed by atoms with van der Waals surface area (Å²) in [6.07, 6.45) is 0. The van der Waals surface area contributed by atoms with E-state index in [0.29, 0.717) is 5.56 Å². The Morgan fingerprint density at radius 2 is 0.737 bits per heavy atom. The van der Waals surface area contributed by atoms with E-state index in [1.165, 1.54) is 26.3 Å². The van der Waals surface area contributed by atoms with Crippen LogP contribution >= 0.6 is 0 Å². The Balaban J connectivity index is 1.09. The van der Waals surface area contributed by atoms with Gasteiger partial charge >= 0.3 is 0 Å². The third-order valence-corrected chi connectivity index (χ3v) is 19.9. The van der Waals surface area contributed by atoms with Gasteiger partial charge in [0.25, 0.3) is 0 Å². The van der Waals surface area contributed by atoms with Crippen LogP contribution in [0.5, 0.6) is 0 Å². The molecule has 76 heavy (non-hydrogen) atoms. The highest BCUT2D eigenvalue weighted by Crippen LogP contribution is 2.40. The van der Waals surface area contributed by atoms with Crippen LogP contribution in [0.4, 0.5) is 0 Å². The number of hydrogen-bond donors (Lipinski definition) is 0. The molecule has 4 aromatic heterocycles. The van der Waals surface area contributed by atoms with E-state index in [-0.39, 0.29) is 23.2 Å². The summed E-state index contributed by atoms with van der Waals surface area (Å²) in [5.41, 5.74) is 8.15. The lowest BCUT2D eigenvalue weighted by atomic mass is 10.1. The predicted molar refractivity (Wildman–Crippen MR) is 317 cm³/mol. The summed E-state index contributed by atoms with van der Waals surface area (Å²) in [5.74, 6) is 0.428. The molecule has 0 amide bonds. The standard InChI is InChI=1S/C69H46N6Si/c1-5-23-47(24-6-1)67-70-68(72-69(71-67)75-63-39-21-15-33-55(63)56-34-16-22-40-64(56)75)59-46-52(76(49-25-7-2-8-26-49,50-27-9-3-10-28-50)51-29-11-4-12-30-51)42-44-66(59)74-62-38-20-17-35-57(62)58-45-48(41-43-65(58)74)73-60-36-18-13-31-53(60)54-32-14-19-37-61(54)73/h1-46H/i1D,5D,6D,23D,24D. The molecule has 0 fully saturated rings. The molecule has 7 heteroatoms. The summed E-state index contributed by atoms with van der Waals surface area (Å²) in [7, 11) is -3.24. The van der Waals surface area contributed by atoms with Crippen molar-refractivity contribution in [2.24, 2.45) is 0 Å². The number of fused-ring (bicyclic) bond motifs is 9. The lowest BCUT2D eigenvalue weighted by molar-refractivity contribution is 0.952. The van der Waals surface area contributed by atoms with Gasteiger partial charge in [-0.1, -0.05) is 218 Å². The maximum atomic E-state index is 9.37. The molecule has 0 aliphatic heterocycles. The van der Waals surface area contributed by atoms with Crippen LogP contribution in [0.25, 0.3) is 106 Å². The van der Waals surface area contributed by atoms with Gasteiger partial charge < -0.3 is 9.13 Å². The van der Waals surface area contributed by atoms with Crippen molar-refractivity contribution in [3.05, 3.63) is 279 Å². The van der Waals surface area contributed by atoms with Gasteiger partial charge in [-0.3, -0.25) is 4.57 Å². The second kappa shape index (κ2) is 17.6. The van der Waals surface area contributed by atoms with Crippen molar-refractivity contribution in [3.63, 3.8) is 0 Å². The number of rotatable bonds is 9. The fourth-order valence-corrected chi connectivity index (χ4v) is 16.7. The molecule has 11 aromatic carbocycles. The SMILES string of the molecule is [2H]c1c([2H])c([2H])c(-c2nc(-c3cc([Si](c4ccccc4)(c4ccccc4)c4ccccc4)ccc3-n3c4ccccc4c4cc(-n5c6ccccc6c6ccccc65)ccc43)nc(-n3c4ccccc4c4ccccc43)n2)c([2H])c1[2H]. The van der Waals surface area contributed by atoms with E-state index in [4.69, 9.17) is 19.1 Å². The summed E-state index contributed by atoms with van der Waals surface area (Å²) >= 11 is 0. The molecular weight excluding hydrogens is 941 g/mol. The quantitative estimate of drug-likeness (QED) is 0.107. The average Bonchev–Trinajstić information content (AvgIpc) is 3.70. The second-order valence-corrected chi connectivity index (χ2v) is 23.0. The van der Waals surface area contributed by atoms with Crippen molar-refractivity contribution in [1.29, 1.82) is 0 Å². The fourth-order valence-electron chi connectivity index (χ4n) is 12.0. The predicted octanol–water partition coefficient (Wildman–Crippen LogP) is 13.9. The van der Waals surface area contributed by atoms with Crippen molar-refractivity contribution in [3.8, 4) is 40.1 Å². The molecule has 15 rings (SSSR count). The first-order chi connectivity index (χ1) is 39.8. The third kappa shape index (κ3) is 6.69. The van der Waals surface area contributed by atoms with Crippen molar-refractivity contribution in [2.75, 3.05) is 0 Å². The van der Waals surface area contributed by atoms with Gasteiger partial charge in [0.15, 0.2) is 19.7 Å². The van der Waals surface area contributed by atoms with Crippen molar-refractivity contribution < 1.29 is 6.85 Å². The van der Waals surface area contributed by atoms with Crippen LogP contribution in [0.15, 0.2) is 279 Å². The second-order valence-electron chi connectivity index (χ2n) is 19.2. The molecule has 0 atom stereocenters. The normalized spacial score (nSPS) is 12.9. The Labute approximate surface area is 446 Å². The minimum Gasteiger partial charge on any atom is -0.309 e. The van der Waals surface area contributed by atoms with Crippen LogP contribution < -0.4 is 20.7 Å². The highest BCUT2D eigenvalue weighted by molar-refractivity contribution is 7.20. The first-order valence-corrected chi connectivity index (χ1v) is 27.4. The van der Waals surface area contributed by atoms with Gasteiger partial charge in [0.05, 0.1) is 45.6 Å². The van der Waals surface area contributed by atoms with E-state index in [2.05, 4.69) is 221 Å². The van der Waals surface area contributed by atoms with Gasteiger partial charge in [0.1, 0.15) is 0 Å². The molecule has 0 aliphatic carbocycles. The lowest BCUT2D eigenvalue weighted by Crippen LogP contribution is -2.74. The largest absolute Gasteiger partial charge is 0.309 e. The van der Waals surface area contributed by atoms with Gasteiger partial charge in [-0.2, -0.15) is 9.97 Å². The van der Waals surface area contributed by atoms with Crippen LogP contribution in [0.2, 0.25) is 0 Å². The van der Waals surface area contributed by atoms with Crippen LogP contribution in [0, 0.1) is 0 Å². The van der Waals surface area contributed by atoms with Gasteiger partial charge in [-0.05, 0) is 81.4 Å². The van der Waals surface area contributed by atoms with Crippen molar-refractivity contribution >= 4 is 94.2 Å². The van der Waals surface area contributed by atoms with Crippen LogP contribution in [-0.2, 0) is 0 Å². The summed E-state index contributed by atoms with van der Waals surface area (Å²) in [5, 5.41) is 11.0.